The molecule has 2 aromatic carbocycles. The maximum absolute atomic E-state index is 12.2. The lowest BCUT2D eigenvalue weighted by Crippen LogP contribution is -2.12. The quantitative estimate of drug-likeness (QED) is 0.279. The molecule has 1 amide bonds. The van der Waals surface area contributed by atoms with Crippen molar-refractivity contribution in [2.45, 2.75) is 19.5 Å². The molecule has 1 aliphatic heterocycles. The number of benzene rings is 2. The number of anilines is 2. The smallest absolute Gasteiger partial charge is 0.338 e. The second-order valence-corrected chi connectivity index (χ2v) is 8.22. The van der Waals surface area contributed by atoms with Crippen molar-refractivity contribution in [3.63, 3.8) is 0 Å². The molecule has 0 unspecified atom stereocenters. The van der Waals surface area contributed by atoms with E-state index in [0.29, 0.717) is 58.6 Å². The maximum atomic E-state index is 12.2. The SMILES string of the molecule is COC(=O)c1cc2c3c(c1)nc(N)n3C/C=C/Cn1c(N)nc3cc(C(N)=O)cc(c31)OCCCO2. The number of primary amides is 1. The Morgan fingerprint density at radius 3 is 1.86 bits per heavy atom. The van der Waals surface area contributed by atoms with Crippen LogP contribution in [0.2, 0.25) is 0 Å². The molecule has 0 bridgehead atoms. The molecule has 0 aliphatic carbocycles. The number of allylic oxidation sites excluding steroid dienone is 2. The van der Waals surface area contributed by atoms with Gasteiger partial charge in [-0.1, -0.05) is 12.2 Å². The number of methoxy groups -OCH3 is 1. The standard InChI is InChI=1S/C24H25N7O5/c1-34-22(33)14-10-16-20-18(12-14)36-8-4-7-35-17-11-13(21(25)32)9-15-19(17)30(23(26)28-15)5-2-3-6-31(20)24(27)29-16/h2-3,9-12H,4-8H2,1H3,(H2,25,32)(H2,26,28)(H2,27,29)/b3-2+. The van der Waals surface area contributed by atoms with Crippen molar-refractivity contribution in [1.82, 2.24) is 19.1 Å². The number of amides is 1. The third kappa shape index (κ3) is 4.02. The van der Waals surface area contributed by atoms with Gasteiger partial charge in [0.2, 0.25) is 17.8 Å². The fraction of sp³-hybridized carbons (Fsp3) is 0.250. The number of nitrogen functional groups attached to an aromatic ring is 2. The summed E-state index contributed by atoms with van der Waals surface area (Å²) in [4.78, 5) is 32.8. The van der Waals surface area contributed by atoms with Crippen LogP contribution in [0.5, 0.6) is 11.5 Å². The van der Waals surface area contributed by atoms with Crippen LogP contribution >= 0.6 is 0 Å². The lowest BCUT2D eigenvalue weighted by molar-refractivity contribution is 0.0600. The highest BCUT2D eigenvalue weighted by Crippen LogP contribution is 2.32. The Morgan fingerprint density at radius 2 is 1.36 bits per heavy atom. The minimum Gasteiger partial charge on any atom is -0.491 e. The zero-order valence-corrected chi connectivity index (χ0v) is 19.6. The minimum absolute atomic E-state index is 0.274. The molecule has 1 aliphatic rings. The van der Waals surface area contributed by atoms with E-state index in [4.69, 9.17) is 31.4 Å². The topological polar surface area (TPSA) is 176 Å². The van der Waals surface area contributed by atoms with Gasteiger partial charge in [0.05, 0.1) is 36.9 Å². The number of carbonyl (C=O) groups is 2. The van der Waals surface area contributed by atoms with Crippen molar-refractivity contribution in [3.8, 4) is 11.5 Å². The van der Waals surface area contributed by atoms with Gasteiger partial charge in [0.25, 0.3) is 0 Å². The van der Waals surface area contributed by atoms with E-state index in [1.54, 1.807) is 33.4 Å². The number of hydrogen-bond acceptors (Lipinski definition) is 9. The lowest BCUT2D eigenvalue weighted by Gasteiger charge is -2.13. The van der Waals surface area contributed by atoms with E-state index in [1.807, 2.05) is 12.2 Å². The summed E-state index contributed by atoms with van der Waals surface area (Å²) >= 11 is 0. The van der Waals surface area contributed by atoms with Crippen LogP contribution in [0.25, 0.3) is 22.1 Å². The maximum Gasteiger partial charge on any atom is 0.338 e. The minimum atomic E-state index is -0.591. The first-order valence-corrected chi connectivity index (χ1v) is 11.3. The molecule has 12 nitrogen and oxygen atoms in total. The van der Waals surface area contributed by atoms with E-state index in [-0.39, 0.29) is 30.7 Å². The summed E-state index contributed by atoms with van der Waals surface area (Å²) in [5.41, 5.74) is 20.8. The number of nitrogens with zero attached hydrogens (tertiary/aromatic N) is 4. The Balaban J connectivity index is 1.57. The van der Waals surface area contributed by atoms with Gasteiger partial charge < -0.3 is 40.5 Å². The zero-order valence-electron chi connectivity index (χ0n) is 19.6. The summed E-state index contributed by atoms with van der Waals surface area (Å²) in [5, 5.41) is 0. The molecule has 0 saturated heterocycles. The first-order chi connectivity index (χ1) is 17.4. The number of aromatic nitrogens is 4. The van der Waals surface area contributed by atoms with Gasteiger partial charge in [-0.3, -0.25) is 4.79 Å². The van der Waals surface area contributed by atoms with Crippen LogP contribution in [0.1, 0.15) is 27.1 Å². The number of carbonyl (C=O) groups excluding carboxylic acids is 2. The fourth-order valence-corrected chi connectivity index (χ4v) is 4.25. The van der Waals surface area contributed by atoms with Crippen LogP contribution in [0.4, 0.5) is 11.9 Å². The Morgan fingerprint density at radius 1 is 0.861 bits per heavy atom. The van der Waals surface area contributed by atoms with Crippen LogP contribution in [0.3, 0.4) is 0 Å². The largest absolute Gasteiger partial charge is 0.491 e. The summed E-state index contributed by atoms with van der Waals surface area (Å²) in [5.74, 6) is 0.367. The van der Waals surface area contributed by atoms with Crippen LogP contribution in [0.15, 0.2) is 36.4 Å². The number of nitrogens with two attached hydrogens (primary N) is 3. The van der Waals surface area contributed by atoms with Crippen LogP contribution in [-0.2, 0) is 17.8 Å². The summed E-state index contributed by atoms with van der Waals surface area (Å²) in [6.07, 6.45) is 4.33. The van der Waals surface area contributed by atoms with E-state index < -0.39 is 11.9 Å². The molecule has 2 aromatic heterocycles. The highest BCUT2D eigenvalue weighted by Gasteiger charge is 2.19. The fourth-order valence-electron chi connectivity index (χ4n) is 4.25. The zero-order chi connectivity index (χ0) is 25.4. The molecule has 0 fully saturated rings. The number of ether oxygens (including phenoxy) is 3. The van der Waals surface area contributed by atoms with E-state index in [0.717, 1.165) is 0 Å². The van der Waals surface area contributed by atoms with Gasteiger partial charge in [-0.2, -0.15) is 0 Å². The van der Waals surface area contributed by atoms with Gasteiger partial charge in [0.15, 0.2) is 0 Å². The van der Waals surface area contributed by atoms with Crippen molar-refractivity contribution in [1.29, 1.82) is 0 Å². The van der Waals surface area contributed by atoms with Crippen LogP contribution < -0.4 is 26.7 Å². The number of rotatable bonds is 2. The lowest BCUT2D eigenvalue weighted by atomic mass is 10.1. The van der Waals surface area contributed by atoms with Crippen molar-refractivity contribution >= 4 is 45.8 Å². The van der Waals surface area contributed by atoms with Gasteiger partial charge in [-0.05, 0) is 24.3 Å². The van der Waals surface area contributed by atoms with Gasteiger partial charge in [-0.25, -0.2) is 14.8 Å². The van der Waals surface area contributed by atoms with E-state index >= 15 is 0 Å². The first-order valence-electron chi connectivity index (χ1n) is 11.3. The third-order valence-corrected chi connectivity index (χ3v) is 5.92. The molecule has 6 N–H and O–H groups in total. The average Bonchev–Trinajstić information content (AvgIpc) is 3.34. The molecule has 4 aromatic rings. The predicted molar refractivity (Wildman–Crippen MR) is 133 cm³/mol. The van der Waals surface area contributed by atoms with E-state index in [1.165, 1.54) is 7.11 Å². The van der Waals surface area contributed by atoms with Crippen molar-refractivity contribution in [3.05, 3.63) is 47.5 Å². The number of esters is 1. The Hall–Kier alpha value is -4.74. The second kappa shape index (κ2) is 9.13. The third-order valence-electron chi connectivity index (χ3n) is 5.92. The Labute approximate surface area is 205 Å². The predicted octanol–water partition coefficient (Wildman–Crippen LogP) is 1.85. The van der Waals surface area contributed by atoms with E-state index in [2.05, 4.69) is 9.97 Å². The molecule has 5 rings (SSSR count). The van der Waals surface area contributed by atoms with Gasteiger partial charge in [0, 0.05) is 25.1 Å². The summed E-state index contributed by atoms with van der Waals surface area (Å²) in [6, 6.07) is 6.42. The van der Waals surface area contributed by atoms with Gasteiger partial charge in [-0.15, -0.1) is 0 Å². The first kappa shape index (κ1) is 23.0. The summed E-state index contributed by atoms with van der Waals surface area (Å²) in [7, 11) is 1.31. The van der Waals surface area contributed by atoms with Gasteiger partial charge in [0.1, 0.15) is 22.5 Å². The van der Waals surface area contributed by atoms with Crippen molar-refractivity contribution in [2.75, 3.05) is 31.8 Å². The molecule has 0 radical (unpaired) electrons. The van der Waals surface area contributed by atoms with E-state index in [9.17, 15) is 9.59 Å². The molecule has 36 heavy (non-hydrogen) atoms. The molecule has 186 valence electrons. The molecule has 0 atom stereocenters. The van der Waals surface area contributed by atoms with Crippen molar-refractivity contribution < 1.29 is 23.8 Å². The van der Waals surface area contributed by atoms with Gasteiger partial charge >= 0.3 is 5.97 Å². The molecule has 0 spiro atoms. The average molecular weight is 492 g/mol. The molecule has 0 saturated carbocycles. The van der Waals surface area contributed by atoms with Crippen molar-refractivity contribution in [2.24, 2.45) is 5.73 Å². The summed E-state index contributed by atoms with van der Waals surface area (Å²) in [6.45, 7) is 1.36. The monoisotopic (exact) mass is 491 g/mol. The summed E-state index contributed by atoms with van der Waals surface area (Å²) < 4.78 is 20.5. The molecular weight excluding hydrogens is 466 g/mol. The Bertz CT molecular complexity index is 1540. The number of imidazole rings is 2. The van der Waals surface area contributed by atoms with Crippen LogP contribution in [-0.4, -0.2) is 51.3 Å². The highest BCUT2D eigenvalue weighted by atomic mass is 16.5. The second-order valence-electron chi connectivity index (χ2n) is 8.22. The van der Waals surface area contributed by atoms with Crippen LogP contribution in [0, 0.1) is 0 Å². The highest BCUT2D eigenvalue weighted by molar-refractivity contribution is 5.99. The Kier molecular flexibility index (Phi) is 5.84. The normalized spacial score (nSPS) is 14.9. The number of hydrogen-bond donors (Lipinski definition) is 3. The molecule has 12 heteroatoms. The molecular formula is C24H25N7O5. The molecule has 3 heterocycles.